The van der Waals surface area contributed by atoms with Gasteiger partial charge in [-0.25, -0.2) is 8.42 Å². The van der Waals surface area contributed by atoms with Crippen LogP contribution in [0.1, 0.15) is 41.7 Å². The first-order valence-corrected chi connectivity index (χ1v) is 11.5. The average Bonchev–Trinajstić information content (AvgIpc) is 3.17. The van der Waals surface area contributed by atoms with E-state index in [2.05, 4.69) is 15.5 Å². The molecule has 9 heteroatoms. The van der Waals surface area contributed by atoms with Crippen molar-refractivity contribution < 1.29 is 13.2 Å². The zero-order valence-electron chi connectivity index (χ0n) is 17.5. The van der Waals surface area contributed by atoms with Crippen molar-refractivity contribution in [2.24, 2.45) is 0 Å². The van der Waals surface area contributed by atoms with Gasteiger partial charge in [0.05, 0.1) is 10.6 Å². The molecule has 0 saturated carbocycles. The number of carbonyl (C=O) groups excluding carboxylic acids is 1. The minimum atomic E-state index is -3.82. The van der Waals surface area contributed by atoms with Crippen molar-refractivity contribution >= 4 is 38.1 Å². The Morgan fingerprint density at radius 2 is 1.73 bits per heavy atom. The maximum Gasteiger partial charge on any atom is 0.264 e. The molecule has 0 aliphatic heterocycles. The fourth-order valence-electron chi connectivity index (χ4n) is 2.60. The number of rotatable bonds is 5. The molecule has 0 bridgehead atoms. The van der Waals surface area contributed by atoms with Gasteiger partial charge >= 0.3 is 0 Å². The van der Waals surface area contributed by atoms with E-state index >= 15 is 0 Å². The molecule has 3 rings (SSSR count). The molecule has 0 unspecified atom stereocenters. The average molecular weight is 445 g/mol. The van der Waals surface area contributed by atoms with Crippen LogP contribution in [-0.4, -0.2) is 31.6 Å². The zero-order valence-corrected chi connectivity index (χ0v) is 19.1. The van der Waals surface area contributed by atoms with Gasteiger partial charge in [0.1, 0.15) is 5.01 Å². The highest BCUT2D eigenvalue weighted by atomic mass is 32.2. The highest BCUT2D eigenvalue weighted by Gasteiger charge is 2.23. The van der Waals surface area contributed by atoms with Gasteiger partial charge in [0.2, 0.25) is 5.13 Å². The van der Waals surface area contributed by atoms with Crippen LogP contribution in [-0.2, 0) is 15.4 Å². The predicted octanol–water partition coefficient (Wildman–Crippen LogP) is 4.22. The summed E-state index contributed by atoms with van der Waals surface area (Å²) < 4.78 is 27.3. The quantitative estimate of drug-likeness (QED) is 0.636. The van der Waals surface area contributed by atoms with Crippen LogP contribution >= 0.6 is 11.3 Å². The van der Waals surface area contributed by atoms with Gasteiger partial charge in [-0.3, -0.25) is 14.4 Å². The van der Waals surface area contributed by atoms with Gasteiger partial charge in [0, 0.05) is 18.0 Å². The highest BCUT2D eigenvalue weighted by molar-refractivity contribution is 7.92. The van der Waals surface area contributed by atoms with E-state index in [1.54, 1.807) is 24.3 Å². The van der Waals surface area contributed by atoms with Gasteiger partial charge in [0.25, 0.3) is 15.9 Å². The van der Waals surface area contributed by atoms with E-state index in [4.69, 9.17) is 0 Å². The van der Waals surface area contributed by atoms with Gasteiger partial charge < -0.3 is 0 Å². The van der Waals surface area contributed by atoms with E-state index in [-0.39, 0.29) is 15.9 Å². The van der Waals surface area contributed by atoms with Crippen molar-refractivity contribution in [2.75, 3.05) is 16.7 Å². The Hall–Kier alpha value is -2.78. The molecule has 158 valence electrons. The number of benzene rings is 2. The standard InChI is InChI=1S/C21H24N4O3S2/c1-14-9-11-16(12-10-14)25(5)30(27,28)17-8-6-7-15(13-17)18(26)22-20-24-23-19(29-20)21(2,3)4/h6-13H,1-5H3,(H,22,24,26). The lowest BCUT2D eigenvalue weighted by Gasteiger charge is -2.20. The number of hydrogen-bond donors (Lipinski definition) is 1. The van der Waals surface area contributed by atoms with Gasteiger partial charge in [-0.1, -0.05) is 55.9 Å². The Kier molecular flexibility index (Phi) is 5.96. The highest BCUT2D eigenvalue weighted by Crippen LogP contribution is 2.28. The van der Waals surface area contributed by atoms with Crippen LogP contribution in [0.2, 0.25) is 0 Å². The fourth-order valence-corrected chi connectivity index (χ4v) is 4.63. The minimum absolute atomic E-state index is 0.0332. The summed E-state index contributed by atoms with van der Waals surface area (Å²) in [7, 11) is -2.33. The van der Waals surface area contributed by atoms with Crippen molar-refractivity contribution in [3.63, 3.8) is 0 Å². The summed E-state index contributed by atoms with van der Waals surface area (Å²) in [5.41, 5.74) is 1.63. The minimum Gasteiger partial charge on any atom is -0.296 e. The number of sulfonamides is 1. The van der Waals surface area contributed by atoms with Crippen molar-refractivity contribution in [3.8, 4) is 0 Å². The SMILES string of the molecule is Cc1ccc(N(C)S(=O)(=O)c2cccc(C(=O)Nc3nnc(C(C)(C)C)s3)c2)cc1. The summed E-state index contributed by atoms with van der Waals surface area (Å²) >= 11 is 1.30. The number of anilines is 2. The summed E-state index contributed by atoms with van der Waals surface area (Å²) in [6.07, 6.45) is 0. The molecular formula is C21H24N4O3S2. The first-order valence-electron chi connectivity index (χ1n) is 9.29. The number of aryl methyl sites for hydroxylation is 1. The van der Waals surface area contributed by atoms with E-state index in [1.807, 2.05) is 39.8 Å². The molecule has 30 heavy (non-hydrogen) atoms. The molecule has 0 fully saturated rings. The number of amides is 1. The van der Waals surface area contributed by atoms with Gasteiger partial charge in [-0.2, -0.15) is 0 Å². The molecule has 2 aromatic carbocycles. The lowest BCUT2D eigenvalue weighted by atomic mass is 9.98. The molecule has 0 spiro atoms. The third-order valence-electron chi connectivity index (χ3n) is 4.44. The molecule has 7 nitrogen and oxygen atoms in total. The largest absolute Gasteiger partial charge is 0.296 e. The van der Waals surface area contributed by atoms with Crippen LogP contribution in [0.4, 0.5) is 10.8 Å². The molecule has 3 aromatic rings. The van der Waals surface area contributed by atoms with Crippen LogP contribution in [0, 0.1) is 6.92 Å². The fraction of sp³-hybridized carbons (Fsp3) is 0.286. The Bertz CT molecular complexity index is 1160. The van der Waals surface area contributed by atoms with Gasteiger partial charge in [-0.15, -0.1) is 10.2 Å². The van der Waals surface area contributed by atoms with Crippen molar-refractivity contribution in [1.29, 1.82) is 0 Å². The molecule has 0 aliphatic carbocycles. The number of aromatic nitrogens is 2. The molecular weight excluding hydrogens is 420 g/mol. The van der Waals surface area contributed by atoms with Gasteiger partial charge in [-0.05, 0) is 37.3 Å². The second-order valence-electron chi connectivity index (χ2n) is 7.95. The van der Waals surface area contributed by atoms with Crippen LogP contribution < -0.4 is 9.62 Å². The third kappa shape index (κ3) is 4.68. The second kappa shape index (κ2) is 8.16. The third-order valence-corrected chi connectivity index (χ3v) is 7.49. The summed E-state index contributed by atoms with van der Waals surface area (Å²) in [5.74, 6) is -0.443. The van der Waals surface area contributed by atoms with E-state index in [0.29, 0.717) is 10.8 Å². The summed E-state index contributed by atoms with van der Waals surface area (Å²) in [6, 6.07) is 13.1. The molecule has 0 aliphatic rings. The molecule has 0 saturated heterocycles. The smallest absolute Gasteiger partial charge is 0.264 e. The topological polar surface area (TPSA) is 92.3 Å². The lowest BCUT2D eigenvalue weighted by Crippen LogP contribution is -2.26. The Morgan fingerprint density at radius 1 is 1.07 bits per heavy atom. The Morgan fingerprint density at radius 3 is 2.33 bits per heavy atom. The number of nitrogens with one attached hydrogen (secondary N) is 1. The van der Waals surface area contributed by atoms with Crippen LogP contribution in [0.25, 0.3) is 0 Å². The first-order chi connectivity index (χ1) is 14.0. The van der Waals surface area contributed by atoms with E-state index in [9.17, 15) is 13.2 Å². The van der Waals surface area contributed by atoms with E-state index in [0.717, 1.165) is 10.6 Å². The van der Waals surface area contributed by atoms with Crippen LogP contribution in [0.3, 0.4) is 0 Å². The van der Waals surface area contributed by atoms with E-state index < -0.39 is 15.9 Å². The number of hydrogen-bond acceptors (Lipinski definition) is 6. The first kappa shape index (κ1) is 21.9. The lowest BCUT2D eigenvalue weighted by molar-refractivity contribution is 0.102. The predicted molar refractivity (Wildman–Crippen MR) is 120 cm³/mol. The molecule has 1 heterocycles. The molecule has 1 N–H and O–H groups in total. The number of carbonyl (C=O) groups is 1. The van der Waals surface area contributed by atoms with Crippen LogP contribution in [0.15, 0.2) is 53.4 Å². The van der Waals surface area contributed by atoms with Crippen LogP contribution in [0.5, 0.6) is 0 Å². The van der Waals surface area contributed by atoms with Gasteiger partial charge in [0.15, 0.2) is 0 Å². The summed E-state index contributed by atoms with van der Waals surface area (Å²) in [5, 5.41) is 12.0. The van der Waals surface area contributed by atoms with Crippen molar-refractivity contribution in [3.05, 3.63) is 64.7 Å². The zero-order chi connectivity index (χ0) is 22.1. The molecule has 1 amide bonds. The Labute approximate surface area is 180 Å². The molecule has 0 atom stereocenters. The van der Waals surface area contributed by atoms with Crippen molar-refractivity contribution in [1.82, 2.24) is 10.2 Å². The van der Waals surface area contributed by atoms with E-state index in [1.165, 1.54) is 34.8 Å². The summed E-state index contributed by atoms with van der Waals surface area (Å²) in [4.78, 5) is 12.7. The molecule has 1 aromatic heterocycles. The monoisotopic (exact) mass is 444 g/mol. The van der Waals surface area contributed by atoms with Crippen molar-refractivity contribution in [2.45, 2.75) is 38.0 Å². The summed E-state index contributed by atoms with van der Waals surface area (Å²) in [6.45, 7) is 7.97. The number of nitrogens with zero attached hydrogens (tertiary/aromatic N) is 3. The Balaban J connectivity index is 1.83. The maximum atomic E-state index is 13.0. The normalized spacial score (nSPS) is 11.9. The maximum absolute atomic E-state index is 13.0. The second-order valence-corrected chi connectivity index (χ2v) is 10.9. The molecule has 0 radical (unpaired) electrons.